The van der Waals surface area contributed by atoms with Crippen LogP contribution in [0.25, 0.3) is 0 Å². The molecule has 3 atom stereocenters. The molecule has 2 rings (SSSR count). The molecule has 2 saturated carbocycles. The molecular weight excluding hydrogens is 204 g/mol. The Morgan fingerprint density at radius 2 is 2.25 bits per heavy atom. The average molecular weight is 222 g/mol. The van der Waals surface area contributed by atoms with Crippen LogP contribution >= 0.6 is 0 Å². The predicted octanol–water partition coefficient (Wildman–Crippen LogP) is 2.11. The SMILES string of the molecule is C=C1C[C@H]2C(=O)[C@](C(=O)OC)(CCC2C)C1. The van der Waals surface area contributed by atoms with Crippen molar-refractivity contribution in [3.63, 3.8) is 0 Å². The number of Topliss-reactive ketones (excluding diaryl/α,β-unsaturated/α-hetero) is 1. The van der Waals surface area contributed by atoms with Gasteiger partial charge in [0.2, 0.25) is 0 Å². The number of fused-ring (bicyclic) bond motifs is 2. The smallest absolute Gasteiger partial charge is 0.319 e. The summed E-state index contributed by atoms with van der Waals surface area (Å²) in [4.78, 5) is 24.2. The van der Waals surface area contributed by atoms with E-state index in [1.165, 1.54) is 7.11 Å². The van der Waals surface area contributed by atoms with Crippen molar-refractivity contribution in [2.24, 2.45) is 17.3 Å². The monoisotopic (exact) mass is 222 g/mol. The van der Waals surface area contributed by atoms with Crippen LogP contribution in [0.5, 0.6) is 0 Å². The second-order valence-electron chi connectivity index (χ2n) is 5.19. The first kappa shape index (κ1) is 11.4. The first-order chi connectivity index (χ1) is 7.51. The van der Waals surface area contributed by atoms with Gasteiger partial charge in [0.25, 0.3) is 0 Å². The van der Waals surface area contributed by atoms with E-state index in [4.69, 9.17) is 4.74 Å². The number of ketones is 1. The van der Waals surface area contributed by atoms with Crippen molar-refractivity contribution in [2.45, 2.75) is 32.6 Å². The molecule has 88 valence electrons. The Morgan fingerprint density at radius 3 is 2.88 bits per heavy atom. The Labute approximate surface area is 95.9 Å². The second kappa shape index (κ2) is 3.72. The molecule has 2 fully saturated rings. The number of hydrogen-bond acceptors (Lipinski definition) is 3. The van der Waals surface area contributed by atoms with Gasteiger partial charge in [-0.25, -0.2) is 0 Å². The lowest BCUT2D eigenvalue weighted by Crippen LogP contribution is -2.52. The van der Waals surface area contributed by atoms with Crippen molar-refractivity contribution in [1.82, 2.24) is 0 Å². The molecule has 0 spiro atoms. The molecular formula is C13H18O3. The minimum absolute atomic E-state index is 0.0194. The third kappa shape index (κ3) is 1.41. The molecule has 2 aliphatic carbocycles. The van der Waals surface area contributed by atoms with E-state index in [2.05, 4.69) is 13.5 Å². The van der Waals surface area contributed by atoms with Gasteiger partial charge < -0.3 is 4.74 Å². The molecule has 0 saturated heterocycles. The zero-order valence-corrected chi connectivity index (χ0v) is 9.91. The molecule has 0 aromatic heterocycles. The van der Waals surface area contributed by atoms with Crippen molar-refractivity contribution in [2.75, 3.05) is 7.11 Å². The molecule has 0 aromatic rings. The number of carbonyl (C=O) groups excluding carboxylic acids is 2. The van der Waals surface area contributed by atoms with Crippen LogP contribution in [0.15, 0.2) is 12.2 Å². The highest BCUT2D eigenvalue weighted by molar-refractivity contribution is 6.06. The van der Waals surface area contributed by atoms with Gasteiger partial charge in [-0.2, -0.15) is 0 Å². The maximum atomic E-state index is 12.3. The van der Waals surface area contributed by atoms with Crippen LogP contribution in [0, 0.1) is 17.3 Å². The summed E-state index contributed by atoms with van der Waals surface area (Å²) in [5.41, 5.74) is 0.114. The van der Waals surface area contributed by atoms with Gasteiger partial charge in [0.05, 0.1) is 7.11 Å². The third-order valence-electron chi connectivity index (χ3n) is 4.16. The summed E-state index contributed by atoms with van der Waals surface area (Å²) < 4.78 is 4.82. The highest BCUT2D eigenvalue weighted by Gasteiger charge is 2.56. The first-order valence-corrected chi connectivity index (χ1v) is 5.80. The Kier molecular flexibility index (Phi) is 2.64. The van der Waals surface area contributed by atoms with Gasteiger partial charge in [-0.15, -0.1) is 0 Å². The van der Waals surface area contributed by atoms with E-state index < -0.39 is 5.41 Å². The van der Waals surface area contributed by atoms with Crippen molar-refractivity contribution in [3.8, 4) is 0 Å². The number of methoxy groups -OCH3 is 1. The molecule has 0 N–H and O–H groups in total. The zero-order valence-electron chi connectivity index (χ0n) is 9.91. The Balaban J connectivity index is 2.39. The highest BCUT2D eigenvalue weighted by Crippen LogP contribution is 2.50. The van der Waals surface area contributed by atoms with Crippen molar-refractivity contribution in [1.29, 1.82) is 0 Å². The molecule has 1 unspecified atom stereocenters. The van der Waals surface area contributed by atoms with Crippen molar-refractivity contribution in [3.05, 3.63) is 12.2 Å². The topological polar surface area (TPSA) is 43.4 Å². The maximum Gasteiger partial charge on any atom is 0.319 e. The van der Waals surface area contributed by atoms with Gasteiger partial charge in [-0.05, 0) is 31.6 Å². The van der Waals surface area contributed by atoms with E-state index >= 15 is 0 Å². The lowest BCUT2D eigenvalue weighted by molar-refractivity contribution is -0.165. The molecule has 16 heavy (non-hydrogen) atoms. The Morgan fingerprint density at radius 1 is 1.56 bits per heavy atom. The van der Waals surface area contributed by atoms with Gasteiger partial charge in [0, 0.05) is 5.92 Å². The number of esters is 1. The van der Waals surface area contributed by atoms with E-state index in [9.17, 15) is 9.59 Å². The minimum atomic E-state index is -0.902. The highest BCUT2D eigenvalue weighted by atomic mass is 16.5. The molecule has 0 aromatic carbocycles. The van der Waals surface area contributed by atoms with Crippen LogP contribution in [-0.2, 0) is 14.3 Å². The summed E-state index contributed by atoms with van der Waals surface area (Å²) in [6.07, 6.45) is 2.79. The van der Waals surface area contributed by atoms with Gasteiger partial charge >= 0.3 is 5.97 Å². The minimum Gasteiger partial charge on any atom is -0.468 e. The third-order valence-corrected chi connectivity index (χ3v) is 4.16. The fourth-order valence-corrected chi connectivity index (χ4v) is 3.16. The average Bonchev–Trinajstić information content (AvgIpc) is 2.26. The number of hydrogen-bond donors (Lipinski definition) is 0. The summed E-state index contributed by atoms with van der Waals surface area (Å²) in [6, 6.07) is 0. The summed E-state index contributed by atoms with van der Waals surface area (Å²) in [6.45, 7) is 6.05. The molecule has 3 nitrogen and oxygen atoms in total. The van der Waals surface area contributed by atoms with Crippen LogP contribution in [0.3, 0.4) is 0 Å². The standard InChI is InChI=1S/C13H18O3/c1-8-6-10-9(2)4-5-13(7-8,11(10)14)12(15)16-3/h9-10H,1,4-7H2,2-3H3/t9?,10-,13+/m1/s1. The van der Waals surface area contributed by atoms with E-state index in [1.54, 1.807) is 0 Å². The summed E-state index contributed by atoms with van der Waals surface area (Å²) >= 11 is 0. The van der Waals surface area contributed by atoms with E-state index in [0.717, 1.165) is 18.4 Å². The molecule has 3 heteroatoms. The normalized spacial score (nSPS) is 38.4. The number of allylic oxidation sites excluding steroid dienone is 1. The number of rotatable bonds is 1. The number of ether oxygens (including phenoxy) is 1. The molecule has 0 amide bonds. The molecule has 0 radical (unpaired) electrons. The second-order valence-corrected chi connectivity index (χ2v) is 5.19. The quantitative estimate of drug-likeness (QED) is 0.388. The fraction of sp³-hybridized carbons (Fsp3) is 0.692. The van der Waals surface area contributed by atoms with Gasteiger partial charge in [0.15, 0.2) is 5.78 Å². The van der Waals surface area contributed by atoms with Crippen LogP contribution in [0.1, 0.15) is 32.6 Å². The largest absolute Gasteiger partial charge is 0.468 e. The van der Waals surface area contributed by atoms with Crippen LogP contribution in [0.4, 0.5) is 0 Å². The van der Waals surface area contributed by atoms with Gasteiger partial charge in [-0.3, -0.25) is 9.59 Å². The fourth-order valence-electron chi connectivity index (χ4n) is 3.16. The summed E-state index contributed by atoms with van der Waals surface area (Å²) in [7, 11) is 1.36. The Bertz CT molecular complexity index is 358. The van der Waals surface area contributed by atoms with Crippen LogP contribution < -0.4 is 0 Å². The van der Waals surface area contributed by atoms with Gasteiger partial charge in [-0.1, -0.05) is 19.1 Å². The molecule has 2 aliphatic rings. The van der Waals surface area contributed by atoms with Crippen molar-refractivity contribution >= 4 is 11.8 Å². The first-order valence-electron chi connectivity index (χ1n) is 5.80. The van der Waals surface area contributed by atoms with Crippen LogP contribution in [-0.4, -0.2) is 18.9 Å². The predicted molar refractivity (Wildman–Crippen MR) is 59.7 cm³/mol. The van der Waals surface area contributed by atoms with Crippen molar-refractivity contribution < 1.29 is 14.3 Å². The lowest BCUT2D eigenvalue weighted by atomic mass is 9.57. The zero-order chi connectivity index (χ0) is 11.9. The van der Waals surface area contributed by atoms with Gasteiger partial charge in [0.1, 0.15) is 5.41 Å². The maximum absolute atomic E-state index is 12.3. The summed E-state index contributed by atoms with van der Waals surface area (Å²) in [5.74, 6) is 0.0668. The van der Waals surface area contributed by atoms with E-state index in [-0.39, 0.29) is 17.7 Å². The Hall–Kier alpha value is -1.12. The molecule has 0 aliphatic heterocycles. The lowest BCUT2D eigenvalue weighted by Gasteiger charge is -2.45. The molecule has 2 bridgehead atoms. The summed E-state index contributed by atoms with van der Waals surface area (Å²) in [5, 5.41) is 0. The van der Waals surface area contributed by atoms with E-state index in [0.29, 0.717) is 18.8 Å². The van der Waals surface area contributed by atoms with Crippen LogP contribution in [0.2, 0.25) is 0 Å². The molecule has 0 heterocycles. The van der Waals surface area contributed by atoms with E-state index in [1.807, 2.05) is 0 Å². The number of carbonyl (C=O) groups is 2.